The SMILES string of the molecule is CCNC(=NCCCN(C)CC(F)(F)F)NCCNC(=O)OC(C)(C)C.I. The molecule has 0 saturated heterocycles. The normalized spacial score (nSPS) is 12.4. The summed E-state index contributed by atoms with van der Waals surface area (Å²) >= 11 is 0. The molecule has 0 bridgehead atoms. The van der Waals surface area contributed by atoms with Gasteiger partial charge in [0.1, 0.15) is 5.60 Å². The van der Waals surface area contributed by atoms with E-state index in [1.54, 1.807) is 20.8 Å². The molecule has 0 aliphatic rings. The monoisotopic (exact) mass is 511 g/mol. The Morgan fingerprint density at radius 3 is 2.22 bits per heavy atom. The lowest BCUT2D eigenvalue weighted by molar-refractivity contribution is -0.143. The second-order valence-corrected chi connectivity index (χ2v) is 6.82. The molecule has 0 aromatic rings. The molecule has 11 heteroatoms. The van der Waals surface area contributed by atoms with Gasteiger partial charge in [-0.2, -0.15) is 13.2 Å². The number of guanidine groups is 1. The molecule has 0 radical (unpaired) electrons. The van der Waals surface area contributed by atoms with Crippen LogP contribution < -0.4 is 16.0 Å². The summed E-state index contributed by atoms with van der Waals surface area (Å²) in [5.74, 6) is 0.553. The molecule has 0 rings (SSSR count). The van der Waals surface area contributed by atoms with Crippen LogP contribution in [0.1, 0.15) is 34.1 Å². The van der Waals surface area contributed by atoms with E-state index in [1.165, 1.54) is 11.9 Å². The second kappa shape index (κ2) is 14.1. The molecule has 0 aliphatic heterocycles. The van der Waals surface area contributed by atoms with E-state index in [2.05, 4.69) is 20.9 Å². The van der Waals surface area contributed by atoms with Crippen LogP contribution in [0.4, 0.5) is 18.0 Å². The van der Waals surface area contributed by atoms with Crippen molar-refractivity contribution in [1.29, 1.82) is 0 Å². The highest BCUT2D eigenvalue weighted by Gasteiger charge is 2.28. The predicted molar refractivity (Wildman–Crippen MR) is 112 cm³/mol. The number of nitrogens with zero attached hydrogens (tertiary/aromatic N) is 2. The van der Waals surface area contributed by atoms with Gasteiger partial charge in [-0.3, -0.25) is 9.89 Å². The summed E-state index contributed by atoms with van der Waals surface area (Å²) < 4.78 is 41.8. The molecule has 0 unspecified atom stereocenters. The average molecular weight is 511 g/mol. The molecule has 0 atom stereocenters. The van der Waals surface area contributed by atoms with Gasteiger partial charge in [-0.25, -0.2) is 4.79 Å². The highest BCUT2D eigenvalue weighted by Crippen LogP contribution is 2.15. The molecule has 7 nitrogen and oxygen atoms in total. The lowest BCUT2D eigenvalue weighted by Crippen LogP contribution is -2.42. The number of hydrogen-bond donors (Lipinski definition) is 3. The van der Waals surface area contributed by atoms with Gasteiger partial charge in [0.25, 0.3) is 0 Å². The van der Waals surface area contributed by atoms with E-state index >= 15 is 0 Å². The van der Waals surface area contributed by atoms with Crippen molar-refractivity contribution in [3.05, 3.63) is 0 Å². The third-order valence-corrected chi connectivity index (χ3v) is 2.85. The Kier molecular flexibility index (Phi) is 14.7. The van der Waals surface area contributed by atoms with E-state index in [1.807, 2.05) is 6.92 Å². The van der Waals surface area contributed by atoms with Crippen molar-refractivity contribution in [2.45, 2.75) is 45.9 Å². The molecule has 1 amide bonds. The highest BCUT2D eigenvalue weighted by molar-refractivity contribution is 14.0. The number of halogens is 4. The van der Waals surface area contributed by atoms with Crippen molar-refractivity contribution in [1.82, 2.24) is 20.9 Å². The van der Waals surface area contributed by atoms with Crippen LogP contribution in [0.5, 0.6) is 0 Å². The van der Waals surface area contributed by atoms with Gasteiger partial charge in [-0.15, -0.1) is 24.0 Å². The minimum absolute atomic E-state index is 0. The molecule has 27 heavy (non-hydrogen) atoms. The Hall–Kier alpha value is -0.980. The number of ether oxygens (including phenoxy) is 1. The molecule has 0 saturated carbocycles. The summed E-state index contributed by atoms with van der Waals surface area (Å²) in [6.45, 7) is 8.50. The van der Waals surface area contributed by atoms with Crippen molar-refractivity contribution in [3.8, 4) is 0 Å². The van der Waals surface area contributed by atoms with E-state index in [4.69, 9.17) is 4.74 Å². The van der Waals surface area contributed by atoms with Crippen LogP contribution in [0.2, 0.25) is 0 Å². The van der Waals surface area contributed by atoms with Gasteiger partial charge in [0, 0.05) is 26.2 Å². The Morgan fingerprint density at radius 2 is 1.70 bits per heavy atom. The summed E-state index contributed by atoms with van der Waals surface area (Å²) in [6.07, 6.45) is -4.16. The smallest absolute Gasteiger partial charge is 0.407 e. The fourth-order valence-electron chi connectivity index (χ4n) is 1.92. The minimum atomic E-state index is -4.18. The molecule has 0 heterocycles. The first-order valence-electron chi connectivity index (χ1n) is 8.67. The van der Waals surface area contributed by atoms with Gasteiger partial charge in [0.15, 0.2) is 5.96 Å². The molecular weight excluding hydrogens is 478 g/mol. The number of hydrogen-bond acceptors (Lipinski definition) is 4. The molecule has 0 fully saturated rings. The standard InChI is InChI=1S/C16H32F3N5O2.HI/c1-6-20-13(21-8-7-11-24(5)12-16(17,18)19)22-9-10-23-14(25)26-15(2,3)4;/h6-12H2,1-5H3,(H,23,25)(H2,20,21,22);1H. The molecule has 3 N–H and O–H groups in total. The third kappa shape index (κ3) is 19.6. The number of rotatable bonds is 9. The van der Waals surface area contributed by atoms with Crippen LogP contribution in [-0.2, 0) is 4.74 Å². The Morgan fingerprint density at radius 1 is 1.11 bits per heavy atom. The van der Waals surface area contributed by atoms with Gasteiger partial charge in [0.05, 0.1) is 6.54 Å². The number of nitrogens with one attached hydrogen (secondary N) is 3. The number of alkyl halides is 3. The van der Waals surface area contributed by atoms with E-state index in [0.717, 1.165) is 0 Å². The van der Waals surface area contributed by atoms with Crippen molar-refractivity contribution >= 4 is 36.0 Å². The van der Waals surface area contributed by atoms with E-state index in [-0.39, 0.29) is 24.0 Å². The molecule has 0 spiro atoms. The van der Waals surface area contributed by atoms with Gasteiger partial charge in [-0.1, -0.05) is 0 Å². The first-order valence-corrected chi connectivity index (χ1v) is 8.67. The first-order chi connectivity index (χ1) is 11.9. The second-order valence-electron chi connectivity index (χ2n) is 6.82. The van der Waals surface area contributed by atoms with Crippen molar-refractivity contribution in [2.75, 3.05) is 46.3 Å². The number of carbonyl (C=O) groups excluding carboxylic acids is 1. The summed E-state index contributed by atoms with van der Waals surface area (Å²) in [5, 5.41) is 8.70. The molecule has 162 valence electrons. The maximum absolute atomic E-state index is 12.2. The topological polar surface area (TPSA) is 78.0 Å². The predicted octanol–water partition coefficient (Wildman–Crippen LogP) is 2.57. The summed E-state index contributed by atoms with van der Waals surface area (Å²) in [6, 6.07) is 0. The number of alkyl carbamates (subject to hydrolysis) is 1. The molecular formula is C16H33F3IN5O2. The first kappa shape index (κ1) is 28.2. The van der Waals surface area contributed by atoms with Crippen LogP contribution in [0, 0.1) is 0 Å². The Bertz CT molecular complexity index is 443. The Labute approximate surface area is 176 Å². The number of amides is 1. The van der Waals surface area contributed by atoms with Crippen LogP contribution in [0.25, 0.3) is 0 Å². The van der Waals surface area contributed by atoms with Crippen molar-refractivity contribution in [2.24, 2.45) is 4.99 Å². The van der Waals surface area contributed by atoms with Crippen LogP contribution in [0.15, 0.2) is 4.99 Å². The zero-order chi connectivity index (χ0) is 20.2. The maximum atomic E-state index is 12.2. The highest BCUT2D eigenvalue weighted by atomic mass is 127. The van der Waals surface area contributed by atoms with E-state index < -0.39 is 24.4 Å². The summed E-state index contributed by atoms with van der Waals surface area (Å²) in [7, 11) is 1.43. The lowest BCUT2D eigenvalue weighted by atomic mass is 10.2. The molecule has 0 aliphatic carbocycles. The van der Waals surface area contributed by atoms with Crippen molar-refractivity contribution in [3.63, 3.8) is 0 Å². The zero-order valence-corrected chi connectivity index (χ0v) is 19.0. The average Bonchev–Trinajstić information content (AvgIpc) is 2.44. The maximum Gasteiger partial charge on any atom is 0.407 e. The zero-order valence-electron chi connectivity index (χ0n) is 16.7. The fraction of sp³-hybridized carbons (Fsp3) is 0.875. The summed E-state index contributed by atoms with van der Waals surface area (Å²) in [5.41, 5.74) is -0.548. The van der Waals surface area contributed by atoms with E-state index in [9.17, 15) is 18.0 Å². The van der Waals surface area contributed by atoms with Gasteiger partial charge >= 0.3 is 12.3 Å². The van der Waals surface area contributed by atoms with E-state index in [0.29, 0.717) is 45.1 Å². The van der Waals surface area contributed by atoms with Gasteiger partial charge in [-0.05, 0) is 47.7 Å². The Balaban J connectivity index is 0. The third-order valence-electron chi connectivity index (χ3n) is 2.85. The van der Waals surface area contributed by atoms with Crippen LogP contribution in [-0.4, -0.2) is 75.0 Å². The fourth-order valence-corrected chi connectivity index (χ4v) is 1.92. The minimum Gasteiger partial charge on any atom is -0.444 e. The van der Waals surface area contributed by atoms with Crippen LogP contribution in [0.3, 0.4) is 0 Å². The van der Waals surface area contributed by atoms with Gasteiger partial charge < -0.3 is 20.7 Å². The molecule has 0 aromatic heterocycles. The molecule has 0 aromatic carbocycles. The largest absolute Gasteiger partial charge is 0.444 e. The van der Waals surface area contributed by atoms with Crippen LogP contribution >= 0.6 is 24.0 Å². The summed E-state index contributed by atoms with van der Waals surface area (Å²) in [4.78, 5) is 17.0. The number of aliphatic imine (C=N–C) groups is 1. The van der Waals surface area contributed by atoms with Crippen molar-refractivity contribution < 1.29 is 22.7 Å². The number of carbonyl (C=O) groups is 1. The quantitative estimate of drug-likeness (QED) is 0.192. The lowest BCUT2D eigenvalue weighted by Gasteiger charge is -2.20. The van der Waals surface area contributed by atoms with Gasteiger partial charge in [0.2, 0.25) is 0 Å².